The highest BCUT2D eigenvalue weighted by molar-refractivity contribution is 14.0. The van der Waals surface area contributed by atoms with Crippen LogP contribution >= 0.6 is 24.0 Å². The van der Waals surface area contributed by atoms with E-state index in [9.17, 15) is 4.79 Å². The monoisotopic (exact) mass is 550 g/mol. The van der Waals surface area contributed by atoms with Gasteiger partial charge in [-0.3, -0.25) is 9.48 Å². The molecule has 8 heteroatoms. The first-order chi connectivity index (χ1) is 15.2. The van der Waals surface area contributed by atoms with E-state index >= 15 is 0 Å². The number of carbonyl (C=O) groups is 1. The smallest absolute Gasteiger partial charge is 0.225 e. The molecule has 1 aromatic carbocycles. The van der Waals surface area contributed by atoms with E-state index in [1.807, 2.05) is 34.0 Å². The first-order valence-corrected chi connectivity index (χ1v) is 11.6. The zero-order valence-corrected chi connectivity index (χ0v) is 21.2. The van der Waals surface area contributed by atoms with E-state index in [1.54, 1.807) is 0 Å². The Morgan fingerprint density at radius 2 is 1.94 bits per heavy atom. The maximum Gasteiger partial charge on any atom is 0.225 e. The van der Waals surface area contributed by atoms with Crippen molar-refractivity contribution in [2.45, 2.75) is 58.2 Å². The van der Waals surface area contributed by atoms with E-state index < -0.39 is 0 Å². The van der Waals surface area contributed by atoms with E-state index in [2.05, 4.69) is 41.0 Å². The van der Waals surface area contributed by atoms with Crippen LogP contribution in [-0.2, 0) is 17.9 Å². The number of rotatable bonds is 7. The molecule has 1 saturated heterocycles. The van der Waals surface area contributed by atoms with Crippen molar-refractivity contribution in [1.29, 1.82) is 0 Å². The first-order valence-electron chi connectivity index (χ1n) is 11.6. The summed E-state index contributed by atoms with van der Waals surface area (Å²) in [7, 11) is 0. The van der Waals surface area contributed by atoms with Gasteiger partial charge in [0.05, 0.1) is 19.3 Å². The molecule has 4 rings (SSSR count). The zero-order valence-electron chi connectivity index (χ0n) is 18.9. The summed E-state index contributed by atoms with van der Waals surface area (Å²) >= 11 is 0. The van der Waals surface area contributed by atoms with Gasteiger partial charge in [0, 0.05) is 43.4 Å². The Hall–Kier alpha value is -2.10. The number of hydrogen-bond acceptors (Lipinski definition) is 3. The van der Waals surface area contributed by atoms with Crippen LogP contribution in [0.15, 0.2) is 47.7 Å². The summed E-state index contributed by atoms with van der Waals surface area (Å²) in [6, 6.07) is 10.6. The van der Waals surface area contributed by atoms with Gasteiger partial charge in [-0.15, -0.1) is 24.0 Å². The molecule has 0 spiro atoms. The second-order valence-electron chi connectivity index (χ2n) is 8.62. The lowest BCUT2D eigenvalue weighted by atomic mass is 10.1. The highest BCUT2D eigenvalue weighted by atomic mass is 127. The van der Waals surface area contributed by atoms with Crippen LogP contribution in [0.3, 0.4) is 0 Å². The van der Waals surface area contributed by atoms with E-state index in [-0.39, 0.29) is 35.9 Å². The zero-order chi connectivity index (χ0) is 21.5. The van der Waals surface area contributed by atoms with Gasteiger partial charge in [-0.2, -0.15) is 5.10 Å². The average molecular weight is 550 g/mol. The lowest BCUT2D eigenvalue weighted by Gasteiger charge is -2.21. The van der Waals surface area contributed by atoms with Crippen molar-refractivity contribution in [3.8, 4) is 0 Å². The van der Waals surface area contributed by atoms with Crippen molar-refractivity contribution in [2.75, 3.05) is 19.6 Å². The number of nitrogens with one attached hydrogen (secondary N) is 2. The third-order valence-corrected chi connectivity index (χ3v) is 6.18. The maximum atomic E-state index is 12.7. The minimum absolute atomic E-state index is 0. The number of halogens is 1. The minimum atomic E-state index is 0. The van der Waals surface area contributed by atoms with E-state index in [4.69, 9.17) is 4.99 Å². The molecule has 1 aromatic heterocycles. The second kappa shape index (κ2) is 12.2. The van der Waals surface area contributed by atoms with Crippen LogP contribution in [0.25, 0.3) is 0 Å². The number of nitrogens with zero attached hydrogens (tertiary/aromatic N) is 4. The third kappa shape index (κ3) is 6.70. The molecule has 0 bridgehead atoms. The highest BCUT2D eigenvalue weighted by Gasteiger charge is 2.32. The van der Waals surface area contributed by atoms with Gasteiger partial charge in [0.2, 0.25) is 5.91 Å². The fourth-order valence-corrected chi connectivity index (χ4v) is 4.54. The molecule has 1 saturated carbocycles. The van der Waals surface area contributed by atoms with Gasteiger partial charge in [0.25, 0.3) is 0 Å². The summed E-state index contributed by atoms with van der Waals surface area (Å²) in [5, 5.41) is 11.3. The van der Waals surface area contributed by atoms with Crippen LogP contribution < -0.4 is 10.6 Å². The molecule has 0 radical (unpaired) electrons. The molecule has 1 atom stereocenters. The van der Waals surface area contributed by atoms with E-state index in [0.717, 1.165) is 57.0 Å². The van der Waals surface area contributed by atoms with Crippen molar-refractivity contribution < 1.29 is 4.79 Å². The van der Waals surface area contributed by atoms with Gasteiger partial charge in [0.1, 0.15) is 0 Å². The Morgan fingerprint density at radius 3 is 2.69 bits per heavy atom. The number of aliphatic imine (C=N–C) groups is 1. The third-order valence-electron chi connectivity index (χ3n) is 6.18. The Labute approximate surface area is 208 Å². The van der Waals surface area contributed by atoms with Crippen LogP contribution in [0.2, 0.25) is 0 Å². The molecule has 7 nitrogen and oxygen atoms in total. The van der Waals surface area contributed by atoms with Crippen molar-refractivity contribution in [1.82, 2.24) is 25.3 Å². The quantitative estimate of drug-likeness (QED) is 0.315. The highest BCUT2D eigenvalue weighted by Crippen LogP contribution is 2.27. The molecule has 1 aliphatic heterocycles. The van der Waals surface area contributed by atoms with Crippen LogP contribution in [0, 0.1) is 5.92 Å². The number of likely N-dealkylation sites (tertiary alicyclic amines) is 1. The van der Waals surface area contributed by atoms with Gasteiger partial charge in [-0.05, 0) is 31.7 Å². The number of hydrogen-bond donors (Lipinski definition) is 2. The minimum Gasteiger partial charge on any atom is -0.357 e. The molecule has 174 valence electrons. The summed E-state index contributed by atoms with van der Waals surface area (Å²) < 4.78 is 1.95. The van der Waals surface area contributed by atoms with Gasteiger partial charge < -0.3 is 15.5 Å². The van der Waals surface area contributed by atoms with E-state index in [1.165, 1.54) is 18.4 Å². The van der Waals surface area contributed by atoms with Crippen molar-refractivity contribution >= 4 is 35.8 Å². The van der Waals surface area contributed by atoms with Crippen LogP contribution in [0.4, 0.5) is 0 Å². The summed E-state index contributed by atoms with van der Waals surface area (Å²) in [6.07, 6.45) is 9.43. The van der Waals surface area contributed by atoms with Crippen LogP contribution in [0.1, 0.15) is 50.2 Å². The number of carbonyl (C=O) groups excluding carboxylic acids is 1. The molecule has 32 heavy (non-hydrogen) atoms. The summed E-state index contributed by atoms with van der Waals surface area (Å²) in [5.74, 6) is 1.42. The number of benzene rings is 1. The normalized spacial score (nSPS) is 19.1. The summed E-state index contributed by atoms with van der Waals surface area (Å²) in [5.41, 5.74) is 2.31. The number of aromatic nitrogens is 2. The lowest BCUT2D eigenvalue weighted by Crippen LogP contribution is -2.45. The molecule has 2 heterocycles. The molecular formula is C24H35IN6O. The predicted molar refractivity (Wildman–Crippen MR) is 138 cm³/mol. The van der Waals surface area contributed by atoms with Crippen molar-refractivity contribution in [3.63, 3.8) is 0 Å². The molecule has 2 fully saturated rings. The van der Waals surface area contributed by atoms with E-state index in [0.29, 0.717) is 12.5 Å². The molecule has 2 aromatic rings. The fraction of sp³-hybridized carbons (Fsp3) is 0.542. The molecular weight excluding hydrogens is 515 g/mol. The molecule has 1 amide bonds. The van der Waals surface area contributed by atoms with Crippen LogP contribution in [0.5, 0.6) is 0 Å². The fourth-order valence-electron chi connectivity index (χ4n) is 4.54. The van der Waals surface area contributed by atoms with Gasteiger partial charge in [-0.1, -0.05) is 43.2 Å². The maximum absolute atomic E-state index is 12.7. The summed E-state index contributed by atoms with van der Waals surface area (Å²) in [6.45, 7) is 5.82. The average Bonchev–Trinajstić information content (AvgIpc) is 3.55. The van der Waals surface area contributed by atoms with Crippen molar-refractivity contribution in [3.05, 3.63) is 53.9 Å². The Morgan fingerprint density at radius 1 is 1.16 bits per heavy atom. The van der Waals surface area contributed by atoms with Gasteiger partial charge >= 0.3 is 0 Å². The van der Waals surface area contributed by atoms with Gasteiger partial charge in [-0.25, -0.2) is 4.99 Å². The predicted octanol–water partition coefficient (Wildman–Crippen LogP) is 3.40. The summed E-state index contributed by atoms with van der Waals surface area (Å²) in [4.78, 5) is 19.5. The SMILES string of the molecule is CCNC(=NCc1cnn(Cc2ccccc2)c1)NC1CCN(C(=O)C2CCCC2)C1.I. The number of guanidine groups is 1. The molecule has 1 unspecified atom stereocenters. The molecule has 1 aliphatic carbocycles. The lowest BCUT2D eigenvalue weighted by molar-refractivity contribution is -0.134. The largest absolute Gasteiger partial charge is 0.357 e. The van der Waals surface area contributed by atoms with Crippen molar-refractivity contribution in [2.24, 2.45) is 10.9 Å². The number of amides is 1. The Kier molecular flexibility index (Phi) is 9.37. The second-order valence-corrected chi connectivity index (χ2v) is 8.62. The standard InChI is InChI=1S/C24H34N6O.HI/c1-2-25-24(28-22-12-13-29(18-22)23(31)21-10-6-7-11-21)26-14-20-15-27-30(17-20)16-19-8-4-3-5-9-19;/h3-5,8-9,15,17,21-22H,2,6-7,10-14,16,18H2,1H3,(H2,25,26,28);1H. The Bertz CT molecular complexity index is 878. The molecule has 2 aliphatic rings. The van der Waals surface area contributed by atoms with Crippen LogP contribution in [-0.4, -0.2) is 52.2 Å². The molecule has 2 N–H and O–H groups in total. The van der Waals surface area contributed by atoms with Gasteiger partial charge in [0.15, 0.2) is 5.96 Å². The Balaban J connectivity index is 0.00000289. The topological polar surface area (TPSA) is 74.6 Å². The first kappa shape index (κ1) is 24.5.